The fourth-order valence-electron chi connectivity index (χ4n) is 2.65. The highest BCUT2D eigenvalue weighted by atomic mass is 32.1. The Morgan fingerprint density at radius 1 is 1.03 bits per heavy atom. The van der Waals surface area contributed by atoms with Crippen LogP contribution in [0.5, 0.6) is 0 Å². The van der Waals surface area contributed by atoms with Crippen molar-refractivity contribution in [1.29, 1.82) is 0 Å². The van der Waals surface area contributed by atoms with Crippen LogP contribution in [0.3, 0.4) is 0 Å². The number of hydrogen-bond donors (Lipinski definition) is 2. The van der Waals surface area contributed by atoms with Crippen LogP contribution in [-0.2, 0) is 9.53 Å². The number of benzene rings is 2. The zero-order chi connectivity index (χ0) is 22.2. The normalized spacial score (nSPS) is 10.5. The number of rotatable bonds is 8. The van der Waals surface area contributed by atoms with E-state index in [1.165, 1.54) is 11.3 Å². The van der Waals surface area contributed by atoms with Crippen LogP contribution < -0.4 is 10.6 Å². The summed E-state index contributed by atoms with van der Waals surface area (Å²) in [6, 6.07) is 16.1. The van der Waals surface area contributed by atoms with E-state index in [1.807, 2.05) is 44.2 Å². The SMILES string of the molecule is CC(C)CNC(=O)c1ccccc1NC(=O)COC(=O)c1csc(-c2ccccc2)n1. The van der Waals surface area contributed by atoms with Crippen molar-refractivity contribution in [2.45, 2.75) is 13.8 Å². The molecule has 0 atom stereocenters. The zero-order valence-corrected chi connectivity index (χ0v) is 18.1. The van der Waals surface area contributed by atoms with Crippen LogP contribution >= 0.6 is 11.3 Å². The summed E-state index contributed by atoms with van der Waals surface area (Å²) in [4.78, 5) is 41.2. The smallest absolute Gasteiger partial charge is 0.358 e. The molecule has 1 aromatic heterocycles. The van der Waals surface area contributed by atoms with E-state index in [-0.39, 0.29) is 11.6 Å². The largest absolute Gasteiger partial charge is 0.451 e. The maximum Gasteiger partial charge on any atom is 0.358 e. The third kappa shape index (κ3) is 6.23. The van der Waals surface area contributed by atoms with Gasteiger partial charge in [0.15, 0.2) is 12.3 Å². The Hall–Kier alpha value is -3.52. The summed E-state index contributed by atoms with van der Waals surface area (Å²) in [5, 5.41) is 7.73. The minimum absolute atomic E-state index is 0.144. The lowest BCUT2D eigenvalue weighted by Crippen LogP contribution is -2.29. The van der Waals surface area contributed by atoms with Gasteiger partial charge < -0.3 is 15.4 Å². The molecule has 2 aromatic carbocycles. The second-order valence-corrected chi connectivity index (χ2v) is 8.04. The van der Waals surface area contributed by atoms with Crippen LogP contribution in [0.1, 0.15) is 34.7 Å². The first kappa shape index (κ1) is 22.2. The number of amides is 2. The standard InChI is InChI=1S/C23H23N3O4S/c1-15(2)12-24-21(28)17-10-6-7-11-18(17)25-20(27)13-30-23(29)19-14-31-22(26-19)16-8-4-3-5-9-16/h3-11,14-15H,12-13H2,1-2H3,(H,24,28)(H,25,27). The van der Waals surface area contributed by atoms with Gasteiger partial charge in [0, 0.05) is 17.5 Å². The molecule has 0 bridgehead atoms. The minimum Gasteiger partial charge on any atom is -0.451 e. The summed E-state index contributed by atoms with van der Waals surface area (Å²) in [5.74, 6) is -1.21. The molecule has 0 aliphatic heterocycles. The number of carbonyl (C=O) groups excluding carboxylic acids is 3. The summed E-state index contributed by atoms with van der Waals surface area (Å²) < 4.78 is 5.08. The van der Waals surface area contributed by atoms with Crippen LogP contribution in [0.2, 0.25) is 0 Å². The molecule has 2 amide bonds. The molecule has 2 N–H and O–H groups in total. The fraction of sp³-hybridized carbons (Fsp3) is 0.217. The van der Waals surface area contributed by atoms with Crippen LogP contribution in [0.4, 0.5) is 5.69 Å². The number of ether oxygens (including phenoxy) is 1. The van der Waals surface area contributed by atoms with Gasteiger partial charge in [-0.1, -0.05) is 56.3 Å². The zero-order valence-electron chi connectivity index (χ0n) is 17.3. The van der Waals surface area contributed by atoms with E-state index in [0.29, 0.717) is 28.7 Å². The number of hydrogen-bond acceptors (Lipinski definition) is 6. The molecular formula is C23H23N3O4S. The van der Waals surface area contributed by atoms with Crippen molar-refractivity contribution in [1.82, 2.24) is 10.3 Å². The first-order valence-electron chi connectivity index (χ1n) is 9.79. The van der Waals surface area contributed by atoms with E-state index >= 15 is 0 Å². The van der Waals surface area contributed by atoms with Crippen molar-refractivity contribution >= 4 is 34.8 Å². The molecule has 0 unspecified atom stereocenters. The highest BCUT2D eigenvalue weighted by Crippen LogP contribution is 2.23. The lowest BCUT2D eigenvalue weighted by atomic mass is 10.1. The van der Waals surface area contributed by atoms with Crippen LogP contribution in [-0.4, -0.2) is 35.9 Å². The lowest BCUT2D eigenvalue weighted by molar-refractivity contribution is -0.119. The minimum atomic E-state index is -0.684. The number of esters is 1. The molecule has 31 heavy (non-hydrogen) atoms. The van der Waals surface area contributed by atoms with E-state index in [2.05, 4.69) is 15.6 Å². The molecule has 0 fully saturated rings. The second kappa shape index (κ2) is 10.5. The molecule has 160 valence electrons. The van der Waals surface area contributed by atoms with Crippen molar-refractivity contribution in [2.75, 3.05) is 18.5 Å². The average Bonchev–Trinajstić information content (AvgIpc) is 3.27. The Morgan fingerprint density at radius 3 is 2.48 bits per heavy atom. The van der Waals surface area contributed by atoms with Gasteiger partial charge >= 0.3 is 5.97 Å². The molecule has 0 aliphatic rings. The number of nitrogens with zero attached hydrogens (tertiary/aromatic N) is 1. The Bertz CT molecular complexity index is 1060. The van der Waals surface area contributed by atoms with Crippen LogP contribution in [0, 0.1) is 5.92 Å². The van der Waals surface area contributed by atoms with E-state index in [9.17, 15) is 14.4 Å². The Labute approximate surface area is 184 Å². The summed E-state index contributed by atoms with van der Waals surface area (Å²) in [5.41, 5.74) is 1.74. The van der Waals surface area contributed by atoms with Gasteiger partial charge in [-0.3, -0.25) is 9.59 Å². The first-order valence-corrected chi connectivity index (χ1v) is 10.7. The van der Waals surface area contributed by atoms with Gasteiger partial charge in [0.05, 0.1) is 11.3 Å². The predicted molar refractivity (Wildman–Crippen MR) is 120 cm³/mol. The first-order chi connectivity index (χ1) is 14.9. The maximum absolute atomic E-state index is 12.4. The van der Waals surface area contributed by atoms with Crippen molar-refractivity contribution in [3.05, 3.63) is 71.2 Å². The molecule has 7 nitrogen and oxygen atoms in total. The number of para-hydroxylation sites is 1. The highest BCUT2D eigenvalue weighted by Gasteiger charge is 2.17. The Kier molecular flexibility index (Phi) is 7.50. The van der Waals surface area contributed by atoms with Crippen molar-refractivity contribution < 1.29 is 19.1 Å². The third-order valence-electron chi connectivity index (χ3n) is 4.19. The molecule has 0 radical (unpaired) electrons. The number of anilines is 1. The van der Waals surface area contributed by atoms with Gasteiger partial charge in [0.25, 0.3) is 11.8 Å². The van der Waals surface area contributed by atoms with Gasteiger partial charge in [-0.05, 0) is 18.1 Å². The van der Waals surface area contributed by atoms with E-state index < -0.39 is 18.5 Å². The van der Waals surface area contributed by atoms with E-state index in [4.69, 9.17) is 4.74 Å². The molecule has 0 spiro atoms. The molecule has 0 saturated carbocycles. The molecule has 3 rings (SSSR count). The molecule has 8 heteroatoms. The Balaban J connectivity index is 1.57. The molecular weight excluding hydrogens is 414 g/mol. The van der Waals surface area contributed by atoms with Gasteiger partial charge in [0.2, 0.25) is 0 Å². The van der Waals surface area contributed by atoms with Gasteiger partial charge in [-0.2, -0.15) is 0 Å². The molecule has 0 saturated heterocycles. The summed E-state index contributed by atoms with van der Waals surface area (Å²) in [6.45, 7) is 4.03. The quantitative estimate of drug-likeness (QED) is 0.519. The van der Waals surface area contributed by atoms with E-state index in [0.717, 1.165) is 5.56 Å². The van der Waals surface area contributed by atoms with Gasteiger partial charge in [-0.25, -0.2) is 9.78 Å². The molecule has 1 heterocycles. The van der Waals surface area contributed by atoms with Crippen molar-refractivity contribution in [2.24, 2.45) is 5.92 Å². The maximum atomic E-state index is 12.4. The monoisotopic (exact) mass is 437 g/mol. The van der Waals surface area contributed by atoms with Crippen molar-refractivity contribution in [3.63, 3.8) is 0 Å². The number of thiazole rings is 1. The van der Waals surface area contributed by atoms with Crippen molar-refractivity contribution in [3.8, 4) is 10.6 Å². The summed E-state index contributed by atoms with van der Waals surface area (Å²) >= 11 is 1.32. The average molecular weight is 438 g/mol. The van der Waals surface area contributed by atoms with Gasteiger partial charge in [-0.15, -0.1) is 11.3 Å². The van der Waals surface area contributed by atoms with E-state index in [1.54, 1.807) is 29.6 Å². The lowest BCUT2D eigenvalue weighted by Gasteiger charge is -2.12. The number of nitrogens with one attached hydrogen (secondary N) is 2. The molecule has 0 aliphatic carbocycles. The number of aromatic nitrogens is 1. The highest BCUT2D eigenvalue weighted by molar-refractivity contribution is 7.13. The topological polar surface area (TPSA) is 97.4 Å². The summed E-state index contributed by atoms with van der Waals surface area (Å²) in [6.07, 6.45) is 0. The third-order valence-corrected chi connectivity index (χ3v) is 5.08. The fourth-order valence-corrected chi connectivity index (χ4v) is 3.45. The van der Waals surface area contributed by atoms with Crippen LogP contribution in [0.25, 0.3) is 10.6 Å². The van der Waals surface area contributed by atoms with Crippen LogP contribution in [0.15, 0.2) is 60.0 Å². The predicted octanol–water partition coefficient (Wildman–Crippen LogP) is 3.99. The number of carbonyl (C=O) groups is 3. The second-order valence-electron chi connectivity index (χ2n) is 7.18. The van der Waals surface area contributed by atoms with Gasteiger partial charge in [0.1, 0.15) is 5.01 Å². The summed E-state index contributed by atoms with van der Waals surface area (Å²) in [7, 11) is 0. The molecule has 3 aromatic rings. The Morgan fingerprint density at radius 2 is 1.74 bits per heavy atom.